The van der Waals surface area contributed by atoms with Crippen molar-refractivity contribution in [2.45, 2.75) is 0 Å². The molecule has 1 aromatic carbocycles. The molecular weight excluding hydrogens is 363 g/mol. The van der Waals surface area contributed by atoms with Crippen molar-refractivity contribution in [3.63, 3.8) is 0 Å². The maximum Gasteiger partial charge on any atom is 2.00 e. The second-order valence-corrected chi connectivity index (χ2v) is 3.39. The van der Waals surface area contributed by atoms with Crippen LogP contribution in [0, 0.1) is 0 Å². The molecule has 2 aromatic heterocycles. The van der Waals surface area contributed by atoms with E-state index in [4.69, 9.17) is 22.1 Å². The zero-order chi connectivity index (χ0) is 14.8. The van der Waals surface area contributed by atoms with E-state index in [1.807, 2.05) is 12.1 Å². The van der Waals surface area contributed by atoms with Crippen LogP contribution in [-0.2, 0) is 20.4 Å². The molecule has 0 atom stereocenters. The topological polar surface area (TPSA) is 143 Å². The number of hydrogen-bond donors (Lipinski definition) is 0. The summed E-state index contributed by atoms with van der Waals surface area (Å²) in [5.74, 6) is 0. The molecule has 3 rings (SSSR count). The van der Waals surface area contributed by atoms with Gasteiger partial charge in [-0.3, -0.25) is 19.8 Å². The fourth-order valence-electron chi connectivity index (χ4n) is 1.68. The maximum atomic E-state index is 6.75. The summed E-state index contributed by atoms with van der Waals surface area (Å²) >= 11 is 0. The smallest absolute Gasteiger partial charge is 0.373 e. The molecule has 106 valence electrons. The van der Waals surface area contributed by atoms with Crippen molar-refractivity contribution in [3.8, 4) is 0 Å². The first kappa shape index (κ1) is 18.3. The standard InChI is InChI=1S/C12H8N2.2N3.Pd/c1-3-9-5-6-10-4-2-8-14-12(10)11(9)13-7-1;2*1-3-2;/h1-8H;;;/q;2*-1;+2. The fourth-order valence-corrected chi connectivity index (χ4v) is 1.68. The average molecular weight is 371 g/mol. The van der Waals surface area contributed by atoms with E-state index >= 15 is 0 Å². The number of aromatic nitrogens is 2. The van der Waals surface area contributed by atoms with Gasteiger partial charge in [-0.2, -0.15) is 0 Å². The SMILES string of the molecule is [N-]=[N+]=[N-].[N-]=[N+]=[N-].[Pd+2].c1cnc2c(c1)ccc1cccnc12. The van der Waals surface area contributed by atoms with Gasteiger partial charge in [-0.1, -0.05) is 24.3 Å². The number of hydrogen-bond acceptors (Lipinski definition) is 2. The normalized spacial score (nSPS) is 8.00. The molecule has 0 fully saturated rings. The molecule has 0 aliphatic carbocycles. The Bertz CT molecular complexity index is 709. The van der Waals surface area contributed by atoms with E-state index in [0.29, 0.717) is 0 Å². The Balaban J connectivity index is 0.000000502. The number of fused-ring (bicyclic) bond motifs is 3. The minimum absolute atomic E-state index is 0. The molecule has 0 bridgehead atoms. The van der Waals surface area contributed by atoms with E-state index in [2.05, 4.69) is 34.2 Å². The summed E-state index contributed by atoms with van der Waals surface area (Å²) < 4.78 is 0. The minimum atomic E-state index is 0. The van der Waals surface area contributed by atoms with Gasteiger partial charge < -0.3 is 22.1 Å². The van der Waals surface area contributed by atoms with Gasteiger partial charge in [0.1, 0.15) is 0 Å². The number of benzene rings is 1. The summed E-state index contributed by atoms with van der Waals surface area (Å²) in [4.78, 5) is 11.7. The Kier molecular flexibility index (Phi) is 8.86. The Labute approximate surface area is 133 Å². The molecule has 2 heterocycles. The van der Waals surface area contributed by atoms with Crippen LogP contribution in [-0.4, -0.2) is 9.97 Å². The van der Waals surface area contributed by atoms with Crippen molar-refractivity contribution in [2.24, 2.45) is 0 Å². The molecule has 0 aliphatic heterocycles. The molecule has 0 saturated heterocycles. The van der Waals surface area contributed by atoms with E-state index in [1.165, 1.54) is 9.82 Å². The van der Waals surface area contributed by atoms with Crippen LogP contribution < -0.4 is 0 Å². The molecular formula is C12H8N8Pd. The summed E-state index contributed by atoms with van der Waals surface area (Å²) in [5.41, 5.74) is 29.0. The molecule has 0 N–H and O–H groups in total. The Morgan fingerprint density at radius 3 is 1.33 bits per heavy atom. The van der Waals surface area contributed by atoms with Crippen molar-refractivity contribution in [3.05, 3.63) is 80.7 Å². The second-order valence-electron chi connectivity index (χ2n) is 3.39. The summed E-state index contributed by atoms with van der Waals surface area (Å²) in [6.45, 7) is 0. The molecule has 8 nitrogen and oxygen atoms in total. The van der Waals surface area contributed by atoms with Crippen LogP contribution in [0.4, 0.5) is 0 Å². The molecule has 0 spiro atoms. The van der Waals surface area contributed by atoms with Gasteiger partial charge in [0.15, 0.2) is 0 Å². The van der Waals surface area contributed by atoms with Gasteiger partial charge in [0.05, 0.1) is 11.0 Å². The van der Waals surface area contributed by atoms with Crippen LogP contribution in [0.25, 0.3) is 53.8 Å². The third kappa shape index (κ3) is 5.07. The molecule has 3 aromatic rings. The zero-order valence-corrected chi connectivity index (χ0v) is 12.1. The van der Waals surface area contributed by atoms with E-state index < -0.39 is 0 Å². The van der Waals surface area contributed by atoms with Gasteiger partial charge in [0, 0.05) is 23.2 Å². The van der Waals surface area contributed by atoms with Crippen LogP contribution in [0.5, 0.6) is 0 Å². The molecule has 0 radical (unpaired) electrons. The monoisotopic (exact) mass is 370 g/mol. The predicted octanol–water partition coefficient (Wildman–Crippen LogP) is 4.51. The van der Waals surface area contributed by atoms with Crippen LogP contribution in [0.15, 0.2) is 48.8 Å². The van der Waals surface area contributed by atoms with Crippen molar-refractivity contribution < 1.29 is 20.4 Å². The molecule has 0 unspecified atom stereocenters. The van der Waals surface area contributed by atoms with Crippen LogP contribution >= 0.6 is 0 Å². The van der Waals surface area contributed by atoms with E-state index in [9.17, 15) is 0 Å². The first-order chi connectivity index (χ1) is 9.78. The zero-order valence-electron chi connectivity index (χ0n) is 10.5. The van der Waals surface area contributed by atoms with Crippen molar-refractivity contribution >= 4 is 21.8 Å². The van der Waals surface area contributed by atoms with Crippen LogP contribution in [0.2, 0.25) is 0 Å². The summed E-state index contributed by atoms with van der Waals surface area (Å²) in [5, 5.41) is 2.28. The van der Waals surface area contributed by atoms with Gasteiger partial charge >= 0.3 is 20.4 Å². The molecule has 0 amide bonds. The van der Waals surface area contributed by atoms with Gasteiger partial charge in [-0.15, -0.1) is 0 Å². The molecule has 21 heavy (non-hydrogen) atoms. The van der Waals surface area contributed by atoms with Crippen molar-refractivity contribution in [1.82, 2.24) is 9.97 Å². The van der Waals surface area contributed by atoms with Gasteiger partial charge in [0.25, 0.3) is 0 Å². The molecule has 0 aliphatic rings. The van der Waals surface area contributed by atoms with Crippen LogP contribution in [0.1, 0.15) is 0 Å². The molecule has 9 heteroatoms. The average Bonchev–Trinajstić information content (AvgIpc) is 2.49. The number of nitrogens with zero attached hydrogens (tertiary/aromatic N) is 8. The third-order valence-electron chi connectivity index (χ3n) is 2.34. The summed E-state index contributed by atoms with van der Waals surface area (Å²) in [7, 11) is 0. The summed E-state index contributed by atoms with van der Waals surface area (Å²) in [6.07, 6.45) is 3.60. The fraction of sp³-hybridized carbons (Fsp3) is 0. The van der Waals surface area contributed by atoms with Gasteiger partial charge in [0.2, 0.25) is 0 Å². The minimum Gasteiger partial charge on any atom is -0.373 e. The quantitative estimate of drug-likeness (QED) is 0.188. The van der Waals surface area contributed by atoms with Crippen molar-refractivity contribution in [2.75, 3.05) is 0 Å². The predicted molar refractivity (Wildman–Crippen MR) is 77.2 cm³/mol. The van der Waals surface area contributed by atoms with Crippen molar-refractivity contribution in [1.29, 1.82) is 0 Å². The Morgan fingerprint density at radius 1 is 0.667 bits per heavy atom. The first-order valence-electron chi connectivity index (χ1n) is 5.33. The number of pyridine rings is 2. The first-order valence-corrected chi connectivity index (χ1v) is 5.33. The third-order valence-corrected chi connectivity index (χ3v) is 2.34. The largest absolute Gasteiger partial charge is 2.00 e. The van der Waals surface area contributed by atoms with Gasteiger partial charge in [-0.05, 0) is 12.1 Å². The Hall–Kier alpha value is -2.68. The maximum absolute atomic E-state index is 6.75. The molecule has 0 saturated carbocycles. The Morgan fingerprint density at radius 2 is 1.00 bits per heavy atom. The second kappa shape index (κ2) is 10.2. The van der Waals surface area contributed by atoms with E-state index in [1.54, 1.807) is 12.4 Å². The number of rotatable bonds is 0. The summed E-state index contributed by atoms with van der Waals surface area (Å²) in [6, 6.07) is 12.1. The van der Waals surface area contributed by atoms with Crippen LogP contribution in [0.3, 0.4) is 0 Å². The van der Waals surface area contributed by atoms with E-state index in [-0.39, 0.29) is 20.4 Å². The van der Waals surface area contributed by atoms with Gasteiger partial charge in [-0.25, -0.2) is 0 Å². The van der Waals surface area contributed by atoms with E-state index in [0.717, 1.165) is 21.8 Å².